The molecule has 0 amide bonds. The Bertz CT molecular complexity index is 442. The molecule has 0 spiro atoms. The molecule has 6 heteroatoms. The van der Waals surface area contributed by atoms with Crippen molar-refractivity contribution in [1.82, 2.24) is 4.98 Å². The fourth-order valence-corrected chi connectivity index (χ4v) is 2.33. The van der Waals surface area contributed by atoms with Crippen LogP contribution < -0.4 is 10.6 Å². The minimum absolute atomic E-state index is 0.0792. The minimum atomic E-state index is -0.823. The number of ether oxygens (including phenoxy) is 1. The molecule has 1 aromatic rings. The van der Waals surface area contributed by atoms with Crippen LogP contribution in [0.15, 0.2) is 6.07 Å². The summed E-state index contributed by atoms with van der Waals surface area (Å²) in [6.07, 6.45) is 1.76. The Morgan fingerprint density at radius 1 is 1.44 bits per heavy atom. The van der Waals surface area contributed by atoms with Crippen LogP contribution >= 0.6 is 0 Å². The van der Waals surface area contributed by atoms with E-state index in [1.807, 2.05) is 6.92 Å². The molecule has 1 aromatic heterocycles. The molecule has 2 rings (SSSR count). The van der Waals surface area contributed by atoms with Crippen molar-refractivity contribution in [3.63, 3.8) is 0 Å². The number of aromatic nitrogens is 1. The monoisotopic (exact) mass is 257 g/mol. The molecule has 2 unspecified atom stereocenters. The summed E-state index contributed by atoms with van der Waals surface area (Å²) in [6, 6.07) is 0.864. The summed E-state index contributed by atoms with van der Waals surface area (Å²) < 4.78 is 32.1. The van der Waals surface area contributed by atoms with E-state index in [-0.39, 0.29) is 23.8 Å². The highest BCUT2D eigenvalue weighted by Gasteiger charge is 2.28. The van der Waals surface area contributed by atoms with E-state index in [4.69, 9.17) is 10.5 Å². The van der Waals surface area contributed by atoms with Crippen LogP contribution in [0.5, 0.6) is 0 Å². The van der Waals surface area contributed by atoms with Crippen LogP contribution in [0.3, 0.4) is 0 Å². The van der Waals surface area contributed by atoms with Crippen molar-refractivity contribution in [3.8, 4) is 0 Å². The van der Waals surface area contributed by atoms with Gasteiger partial charge in [-0.25, -0.2) is 13.8 Å². The second-order valence-electron chi connectivity index (χ2n) is 4.59. The number of hydrogen-bond acceptors (Lipinski definition) is 4. The van der Waals surface area contributed by atoms with Crippen molar-refractivity contribution in [1.29, 1.82) is 0 Å². The van der Waals surface area contributed by atoms with Crippen LogP contribution in [0.4, 0.5) is 20.4 Å². The molecule has 0 aliphatic carbocycles. The number of rotatable bonds is 2. The molecule has 2 N–H and O–H groups in total. The zero-order valence-corrected chi connectivity index (χ0v) is 10.5. The summed E-state index contributed by atoms with van der Waals surface area (Å²) in [6.45, 7) is 2.58. The summed E-state index contributed by atoms with van der Waals surface area (Å²) >= 11 is 0. The van der Waals surface area contributed by atoms with Gasteiger partial charge in [-0.3, -0.25) is 0 Å². The number of pyridine rings is 1. The highest BCUT2D eigenvalue weighted by molar-refractivity contribution is 5.48. The zero-order valence-electron chi connectivity index (χ0n) is 10.5. The molecule has 4 nitrogen and oxygen atoms in total. The molecule has 1 aliphatic rings. The maximum absolute atomic E-state index is 13.7. The third-order valence-corrected chi connectivity index (χ3v) is 3.37. The maximum atomic E-state index is 13.7. The van der Waals surface area contributed by atoms with Gasteiger partial charge in [0.15, 0.2) is 23.3 Å². The van der Waals surface area contributed by atoms with Crippen molar-refractivity contribution < 1.29 is 13.5 Å². The molecule has 0 aromatic carbocycles. The Morgan fingerprint density at radius 3 is 2.78 bits per heavy atom. The summed E-state index contributed by atoms with van der Waals surface area (Å²) in [7, 11) is 1.67. The quantitative estimate of drug-likeness (QED) is 0.879. The van der Waals surface area contributed by atoms with Gasteiger partial charge in [0.05, 0.1) is 6.10 Å². The Kier molecular flexibility index (Phi) is 3.65. The van der Waals surface area contributed by atoms with Gasteiger partial charge in [0.2, 0.25) is 0 Å². The minimum Gasteiger partial charge on any atom is -0.381 e. The first-order chi connectivity index (χ1) is 8.52. The predicted molar refractivity (Wildman–Crippen MR) is 65.4 cm³/mol. The molecule has 0 bridgehead atoms. The van der Waals surface area contributed by atoms with Gasteiger partial charge in [-0.15, -0.1) is 0 Å². The van der Waals surface area contributed by atoms with Gasteiger partial charge < -0.3 is 15.4 Å². The lowest BCUT2D eigenvalue weighted by Gasteiger charge is -2.38. The van der Waals surface area contributed by atoms with E-state index in [0.717, 1.165) is 18.9 Å². The average molecular weight is 257 g/mol. The van der Waals surface area contributed by atoms with Crippen LogP contribution in [-0.2, 0) is 4.74 Å². The summed E-state index contributed by atoms with van der Waals surface area (Å²) in [4.78, 5) is 5.62. The third-order valence-electron chi connectivity index (χ3n) is 3.37. The zero-order chi connectivity index (χ0) is 13.3. The molecule has 0 saturated carbocycles. The lowest BCUT2D eigenvalue weighted by molar-refractivity contribution is 0.0718. The summed E-state index contributed by atoms with van der Waals surface area (Å²) in [5.41, 5.74) is 5.39. The molecular weight excluding hydrogens is 240 g/mol. The second kappa shape index (κ2) is 5.06. The van der Waals surface area contributed by atoms with Crippen LogP contribution in [0, 0.1) is 11.6 Å². The number of nitrogen functional groups attached to an aromatic ring is 1. The van der Waals surface area contributed by atoms with Crippen molar-refractivity contribution in [2.45, 2.75) is 31.9 Å². The lowest BCUT2D eigenvalue weighted by Crippen LogP contribution is -2.44. The number of nitrogens with zero attached hydrogens (tertiary/aromatic N) is 2. The number of nitrogens with two attached hydrogens (primary N) is 1. The average Bonchev–Trinajstić information content (AvgIpc) is 2.34. The van der Waals surface area contributed by atoms with Crippen LogP contribution in [0.25, 0.3) is 0 Å². The van der Waals surface area contributed by atoms with Crippen LogP contribution in [0.2, 0.25) is 0 Å². The Labute approximate surface area is 105 Å². The second-order valence-corrected chi connectivity index (χ2v) is 4.59. The smallest absolute Gasteiger partial charge is 0.168 e. The van der Waals surface area contributed by atoms with Crippen molar-refractivity contribution in [2.75, 3.05) is 24.3 Å². The highest BCUT2D eigenvalue weighted by Crippen LogP contribution is 2.28. The van der Waals surface area contributed by atoms with E-state index in [1.54, 1.807) is 12.0 Å². The number of methoxy groups -OCH3 is 1. The number of anilines is 2. The van der Waals surface area contributed by atoms with Crippen molar-refractivity contribution in [3.05, 3.63) is 17.7 Å². The van der Waals surface area contributed by atoms with Gasteiger partial charge in [0.25, 0.3) is 0 Å². The van der Waals surface area contributed by atoms with E-state index in [9.17, 15) is 8.78 Å². The Hall–Kier alpha value is -1.43. The first kappa shape index (κ1) is 13.0. The van der Waals surface area contributed by atoms with Gasteiger partial charge >= 0.3 is 0 Å². The van der Waals surface area contributed by atoms with E-state index in [0.29, 0.717) is 6.54 Å². The number of halogens is 2. The topological polar surface area (TPSA) is 51.4 Å². The van der Waals surface area contributed by atoms with E-state index in [1.165, 1.54) is 0 Å². The molecule has 2 heterocycles. The van der Waals surface area contributed by atoms with Crippen molar-refractivity contribution in [2.24, 2.45) is 0 Å². The summed E-state index contributed by atoms with van der Waals surface area (Å²) in [5, 5.41) is 0. The van der Waals surface area contributed by atoms with Gasteiger partial charge in [-0.05, 0) is 19.8 Å². The maximum Gasteiger partial charge on any atom is 0.168 e. The van der Waals surface area contributed by atoms with Gasteiger partial charge in [0, 0.05) is 25.8 Å². The number of hydrogen-bond donors (Lipinski definition) is 1. The van der Waals surface area contributed by atoms with E-state index < -0.39 is 11.6 Å². The largest absolute Gasteiger partial charge is 0.381 e. The summed E-state index contributed by atoms with van der Waals surface area (Å²) in [5.74, 6) is -1.65. The fourth-order valence-electron chi connectivity index (χ4n) is 2.33. The van der Waals surface area contributed by atoms with Gasteiger partial charge in [-0.2, -0.15) is 0 Å². The van der Waals surface area contributed by atoms with Gasteiger partial charge in [0.1, 0.15) is 0 Å². The Morgan fingerprint density at radius 2 is 2.17 bits per heavy atom. The predicted octanol–water partition coefficient (Wildman–Crippen LogP) is 1.95. The SMILES string of the molecule is COC1CCN(c2nc(N)c(F)cc2F)C(C)C1. The third kappa shape index (κ3) is 2.38. The van der Waals surface area contributed by atoms with Crippen LogP contribution in [-0.4, -0.2) is 30.8 Å². The fraction of sp³-hybridized carbons (Fsp3) is 0.583. The highest BCUT2D eigenvalue weighted by atomic mass is 19.1. The molecule has 1 fully saturated rings. The molecule has 1 saturated heterocycles. The van der Waals surface area contributed by atoms with Crippen LogP contribution in [0.1, 0.15) is 19.8 Å². The Balaban J connectivity index is 2.24. The van der Waals surface area contributed by atoms with Crippen molar-refractivity contribution >= 4 is 11.6 Å². The first-order valence-corrected chi connectivity index (χ1v) is 5.94. The molecular formula is C12H17F2N3O. The van der Waals surface area contributed by atoms with E-state index >= 15 is 0 Å². The molecule has 18 heavy (non-hydrogen) atoms. The van der Waals surface area contributed by atoms with E-state index in [2.05, 4.69) is 4.98 Å². The standard InChI is InChI=1S/C12H17F2N3O/c1-7-5-8(18-2)3-4-17(7)12-10(14)6-9(13)11(15)16-12/h6-8H,3-5H2,1-2H3,(H2,15,16). The number of piperidine rings is 1. The van der Waals surface area contributed by atoms with Gasteiger partial charge in [-0.1, -0.05) is 0 Å². The molecule has 1 aliphatic heterocycles. The molecule has 100 valence electrons. The first-order valence-electron chi connectivity index (χ1n) is 5.94. The molecule has 2 atom stereocenters. The normalized spacial score (nSPS) is 24.3. The molecule has 0 radical (unpaired) electrons. The lowest BCUT2D eigenvalue weighted by atomic mass is 10.0.